The number of nitrogens with zero attached hydrogens (tertiary/aromatic N) is 4. The van der Waals surface area contributed by atoms with E-state index in [1.165, 1.54) is 4.68 Å². The highest BCUT2D eigenvalue weighted by Crippen LogP contribution is 2.38. The van der Waals surface area contributed by atoms with Crippen LogP contribution in [0.1, 0.15) is 24.1 Å². The Morgan fingerprint density at radius 1 is 1.19 bits per heavy atom. The lowest BCUT2D eigenvalue weighted by Crippen LogP contribution is -2.32. The van der Waals surface area contributed by atoms with Crippen molar-refractivity contribution in [2.75, 3.05) is 5.32 Å². The number of benzene rings is 2. The van der Waals surface area contributed by atoms with E-state index >= 15 is 0 Å². The molecule has 1 amide bonds. The summed E-state index contributed by atoms with van der Waals surface area (Å²) in [5, 5.41) is 14.7. The van der Waals surface area contributed by atoms with Crippen LogP contribution < -0.4 is 15.8 Å². The molecule has 2 heterocycles. The minimum atomic E-state index is -0.569. The van der Waals surface area contributed by atoms with Crippen molar-refractivity contribution in [2.45, 2.75) is 19.6 Å². The van der Waals surface area contributed by atoms with Crippen LogP contribution in [0.5, 0.6) is 5.75 Å². The third kappa shape index (κ3) is 3.12. The lowest BCUT2D eigenvalue weighted by atomic mass is 9.94. The molecule has 0 spiro atoms. The van der Waals surface area contributed by atoms with Crippen molar-refractivity contribution >= 4 is 11.9 Å². The first kappa shape index (κ1) is 16.8. The number of carbonyl (C=O) groups excluding carboxylic acids is 1. The molecule has 8 nitrogen and oxygen atoms in total. The number of nitrogens with one attached hydrogen (secondary N) is 1. The van der Waals surface area contributed by atoms with Crippen LogP contribution in [0.3, 0.4) is 0 Å². The molecule has 1 aromatic heterocycles. The molecule has 0 saturated carbocycles. The second kappa shape index (κ2) is 6.91. The Balaban J connectivity index is 1.75. The van der Waals surface area contributed by atoms with Gasteiger partial charge in [0.05, 0.1) is 5.57 Å². The number of ether oxygens (including phenoxy) is 1. The highest BCUT2D eigenvalue weighted by atomic mass is 16.5. The van der Waals surface area contributed by atoms with Gasteiger partial charge >= 0.3 is 0 Å². The molecule has 27 heavy (non-hydrogen) atoms. The molecule has 8 heteroatoms. The monoisotopic (exact) mass is 362 g/mol. The Bertz CT molecular complexity index is 1010. The number of hydrogen-bond acceptors (Lipinski definition) is 6. The maximum atomic E-state index is 12.2. The maximum Gasteiger partial charge on any atom is 0.248 e. The zero-order chi connectivity index (χ0) is 18.8. The lowest BCUT2D eigenvalue weighted by Gasteiger charge is -2.28. The van der Waals surface area contributed by atoms with E-state index in [1.54, 1.807) is 6.92 Å². The Hall–Kier alpha value is -3.68. The summed E-state index contributed by atoms with van der Waals surface area (Å²) in [5.41, 5.74) is 8.48. The summed E-state index contributed by atoms with van der Waals surface area (Å²) in [5.74, 6) is 0.547. The van der Waals surface area contributed by atoms with E-state index in [9.17, 15) is 4.79 Å². The van der Waals surface area contributed by atoms with E-state index in [0.29, 0.717) is 29.6 Å². The van der Waals surface area contributed by atoms with Crippen molar-refractivity contribution in [1.82, 2.24) is 20.2 Å². The van der Waals surface area contributed by atoms with Gasteiger partial charge in [0, 0.05) is 11.3 Å². The van der Waals surface area contributed by atoms with E-state index in [2.05, 4.69) is 20.8 Å². The summed E-state index contributed by atoms with van der Waals surface area (Å²) in [7, 11) is 0. The quantitative estimate of drug-likeness (QED) is 0.719. The van der Waals surface area contributed by atoms with Gasteiger partial charge in [0.15, 0.2) is 0 Å². The van der Waals surface area contributed by atoms with Crippen molar-refractivity contribution in [3.63, 3.8) is 0 Å². The first-order valence-electron chi connectivity index (χ1n) is 8.46. The summed E-state index contributed by atoms with van der Waals surface area (Å²) in [6.07, 6.45) is 0. The molecule has 4 rings (SSSR count). The molecule has 0 fully saturated rings. The predicted octanol–water partition coefficient (Wildman–Crippen LogP) is 2.03. The summed E-state index contributed by atoms with van der Waals surface area (Å²) in [6.45, 7) is 2.18. The number of anilines is 1. The molecule has 1 unspecified atom stereocenters. The molecule has 0 aliphatic carbocycles. The van der Waals surface area contributed by atoms with Gasteiger partial charge in [-0.1, -0.05) is 53.6 Å². The maximum absolute atomic E-state index is 12.2. The summed E-state index contributed by atoms with van der Waals surface area (Å²) in [6, 6.07) is 16.8. The highest BCUT2D eigenvalue weighted by molar-refractivity contribution is 5.95. The number of aromatic nitrogens is 4. The zero-order valence-electron chi connectivity index (χ0n) is 14.7. The molecule has 3 N–H and O–H groups in total. The SMILES string of the molecule is CC1=C(C(N)=O)C(c2ccccc2OCc2ccccc2)n2nnnc2N1. The van der Waals surface area contributed by atoms with E-state index in [-0.39, 0.29) is 0 Å². The van der Waals surface area contributed by atoms with Gasteiger partial charge in [-0.3, -0.25) is 4.79 Å². The molecule has 1 atom stereocenters. The van der Waals surface area contributed by atoms with Gasteiger partial charge in [-0.2, -0.15) is 4.68 Å². The average Bonchev–Trinajstić information content (AvgIpc) is 3.14. The molecular weight excluding hydrogens is 344 g/mol. The number of amides is 1. The number of nitrogens with two attached hydrogens (primary N) is 1. The number of allylic oxidation sites excluding steroid dienone is 1. The van der Waals surface area contributed by atoms with Gasteiger partial charge in [0.25, 0.3) is 0 Å². The zero-order valence-corrected chi connectivity index (χ0v) is 14.7. The number of hydrogen-bond donors (Lipinski definition) is 2. The molecule has 1 aliphatic rings. The first-order chi connectivity index (χ1) is 13.1. The average molecular weight is 362 g/mol. The van der Waals surface area contributed by atoms with Gasteiger partial charge in [-0.25, -0.2) is 0 Å². The number of fused-ring (bicyclic) bond motifs is 1. The molecule has 136 valence electrons. The van der Waals surface area contributed by atoms with E-state index in [0.717, 1.165) is 11.1 Å². The highest BCUT2D eigenvalue weighted by Gasteiger charge is 2.34. The second-order valence-corrected chi connectivity index (χ2v) is 6.19. The second-order valence-electron chi connectivity index (χ2n) is 6.19. The predicted molar refractivity (Wildman–Crippen MR) is 98.7 cm³/mol. The number of tetrazole rings is 1. The normalized spacial score (nSPS) is 15.8. The third-order valence-corrected chi connectivity index (χ3v) is 4.43. The van der Waals surface area contributed by atoms with Crippen LogP contribution in [0.25, 0.3) is 0 Å². The smallest absolute Gasteiger partial charge is 0.248 e. The lowest BCUT2D eigenvalue weighted by molar-refractivity contribution is -0.115. The largest absolute Gasteiger partial charge is 0.489 e. The van der Waals surface area contributed by atoms with Gasteiger partial charge in [0.1, 0.15) is 18.4 Å². The Labute approximate surface area is 155 Å². The fraction of sp³-hybridized carbons (Fsp3) is 0.158. The van der Waals surface area contributed by atoms with Crippen LogP contribution in [-0.4, -0.2) is 26.1 Å². The van der Waals surface area contributed by atoms with Crippen LogP contribution in [0.15, 0.2) is 65.9 Å². The van der Waals surface area contributed by atoms with Crippen LogP contribution in [-0.2, 0) is 11.4 Å². The minimum Gasteiger partial charge on any atom is -0.489 e. The summed E-state index contributed by atoms with van der Waals surface area (Å²) in [4.78, 5) is 12.2. The molecule has 0 saturated heterocycles. The first-order valence-corrected chi connectivity index (χ1v) is 8.46. The Morgan fingerprint density at radius 2 is 1.93 bits per heavy atom. The minimum absolute atomic E-state index is 0.394. The number of para-hydroxylation sites is 1. The fourth-order valence-corrected chi connectivity index (χ4v) is 3.19. The number of primary amides is 1. The molecule has 0 bridgehead atoms. The number of rotatable bonds is 5. The topological polar surface area (TPSA) is 108 Å². The van der Waals surface area contributed by atoms with Crippen LogP contribution in [0, 0.1) is 0 Å². The Morgan fingerprint density at radius 3 is 2.70 bits per heavy atom. The molecule has 2 aromatic carbocycles. The molecule has 0 radical (unpaired) electrons. The summed E-state index contributed by atoms with van der Waals surface area (Å²) < 4.78 is 7.59. The van der Waals surface area contributed by atoms with Crippen molar-refractivity contribution in [3.05, 3.63) is 77.0 Å². The van der Waals surface area contributed by atoms with Crippen molar-refractivity contribution in [1.29, 1.82) is 0 Å². The Kier molecular flexibility index (Phi) is 4.29. The summed E-state index contributed by atoms with van der Waals surface area (Å²) >= 11 is 0. The van der Waals surface area contributed by atoms with Crippen LogP contribution in [0.2, 0.25) is 0 Å². The van der Waals surface area contributed by atoms with E-state index < -0.39 is 11.9 Å². The third-order valence-electron chi connectivity index (χ3n) is 4.43. The van der Waals surface area contributed by atoms with Crippen molar-refractivity contribution in [2.24, 2.45) is 5.73 Å². The van der Waals surface area contributed by atoms with Gasteiger partial charge < -0.3 is 15.8 Å². The van der Waals surface area contributed by atoms with Crippen LogP contribution >= 0.6 is 0 Å². The molecule has 1 aliphatic heterocycles. The van der Waals surface area contributed by atoms with Crippen molar-refractivity contribution in [3.8, 4) is 5.75 Å². The van der Waals surface area contributed by atoms with Gasteiger partial charge in [0.2, 0.25) is 11.9 Å². The molecular formula is C19H18N6O2. The number of carbonyl (C=O) groups is 1. The van der Waals surface area contributed by atoms with E-state index in [4.69, 9.17) is 10.5 Å². The molecule has 3 aromatic rings. The fourth-order valence-electron chi connectivity index (χ4n) is 3.19. The van der Waals surface area contributed by atoms with E-state index in [1.807, 2.05) is 54.6 Å². The van der Waals surface area contributed by atoms with Gasteiger partial charge in [-0.05, 0) is 29.0 Å². The standard InChI is InChI=1S/C19H18N6O2/c1-12-16(18(20)26)17(25-19(21-12)22-23-24-25)14-9-5-6-10-15(14)27-11-13-7-3-2-4-8-13/h2-10,17H,11H2,1H3,(H2,20,26)(H,21,22,24). The van der Waals surface area contributed by atoms with Gasteiger partial charge in [-0.15, -0.1) is 0 Å². The van der Waals surface area contributed by atoms with Crippen LogP contribution in [0.4, 0.5) is 5.95 Å². The van der Waals surface area contributed by atoms with Crippen molar-refractivity contribution < 1.29 is 9.53 Å².